The SMILES string of the molecule is COc1ccc(C(=O)Nc2cc(Br)c(O)c(Br)c2)cc1Br. The molecule has 2 rings (SSSR count). The van der Waals surface area contributed by atoms with Gasteiger partial charge in [0.15, 0.2) is 0 Å². The van der Waals surface area contributed by atoms with Gasteiger partial charge in [0, 0.05) is 11.3 Å². The Morgan fingerprint density at radius 2 is 1.71 bits per heavy atom. The number of methoxy groups -OCH3 is 1. The minimum absolute atomic E-state index is 0.0835. The monoisotopic (exact) mass is 477 g/mol. The third kappa shape index (κ3) is 3.78. The van der Waals surface area contributed by atoms with Crippen LogP contribution in [0.1, 0.15) is 10.4 Å². The summed E-state index contributed by atoms with van der Waals surface area (Å²) in [6, 6.07) is 8.30. The summed E-state index contributed by atoms with van der Waals surface area (Å²) < 4.78 is 6.80. The highest BCUT2D eigenvalue weighted by atomic mass is 79.9. The Morgan fingerprint density at radius 1 is 1.10 bits per heavy atom. The lowest BCUT2D eigenvalue weighted by Gasteiger charge is -2.09. The molecular weight excluding hydrogens is 470 g/mol. The van der Waals surface area contributed by atoms with Gasteiger partial charge >= 0.3 is 0 Å². The number of benzene rings is 2. The number of phenols is 1. The number of phenolic OH excluding ortho intramolecular Hbond substituents is 1. The van der Waals surface area contributed by atoms with Crippen molar-refractivity contribution < 1.29 is 14.6 Å². The summed E-state index contributed by atoms with van der Waals surface area (Å²) in [4.78, 5) is 12.2. The maximum Gasteiger partial charge on any atom is 0.255 e. The molecule has 1 amide bonds. The van der Waals surface area contributed by atoms with E-state index in [1.165, 1.54) is 0 Å². The predicted octanol–water partition coefficient (Wildman–Crippen LogP) is 4.94. The molecule has 0 atom stereocenters. The number of hydrogen-bond acceptors (Lipinski definition) is 3. The second-order valence-corrected chi connectivity index (χ2v) is 6.65. The second kappa shape index (κ2) is 6.81. The zero-order valence-electron chi connectivity index (χ0n) is 10.8. The van der Waals surface area contributed by atoms with Crippen LogP contribution in [0, 0.1) is 0 Å². The summed E-state index contributed by atoms with van der Waals surface area (Å²) in [7, 11) is 1.56. The molecule has 0 unspecified atom stereocenters. The molecule has 2 N–H and O–H groups in total. The summed E-state index contributed by atoms with van der Waals surface area (Å²) in [5.74, 6) is 0.477. The fourth-order valence-corrected chi connectivity index (χ4v) is 3.38. The third-order valence-corrected chi connectivity index (χ3v) is 4.52. The van der Waals surface area contributed by atoms with Crippen LogP contribution in [0.3, 0.4) is 0 Å². The van der Waals surface area contributed by atoms with Crippen LogP contribution in [-0.4, -0.2) is 18.1 Å². The Balaban J connectivity index is 2.24. The number of halogens is 3. The predicted molar refractivity (Wildman–Crippen MR) is 92.2 cm³/mol. The molecule has 110 valence electrons. The van der Waals surface area contributed by atoms with Crippen LogP contribution in [0.4, 0.5) is 5.69 Å². The van der Waals surface area contributed by atoms with Gasteiger partial charge in [0.05, 0.1) is 20.5 Å². The minimum Gasteiger partial charge on any atom is -0.506 e. The van der Waals surface area contributed by atoms with E-state index in [1.807, 2.05) is 0 Å². The molecule has 0 fully saturated rings. The number of nitrogens with one attached hydrogen (secondary N) is 1. The summed E-state index contributed by atoms with van der Waals surface area (Å²) in [6.45, 7) is 0. The van der Waals surface area contributed by atoms with Gasteiger partial charge in [-0.1, -0.05) is 0 Å². The van der Waals surface area contributed by atoms with Crippen molar-refractivity contribution in [3.63, 3.8) is 0 Å². The zero-order valence-corrected chi connectivity index (χ0v) is 15.5. The molecule has 21 heavy (non-hydrogen) atoms. The van der Waals surface area contributed by atoms with Gasteiger partial charge in [-0.15, -0.1) is 0 Å². The molecule has 0 saturated carbocycles. The quantitative estimate of drug-likeness (QED) is 0.613. The number of aromatic hydroxyl groups is 1. The van der Waals surface area contributed by atoms with Crippen molar-refractivity contribution in [1.82, 2.24) is 0 Å². The van der Waals surface area contributed by atoms with Crippen LogP contribution >= 0.6 is 47.8 Å². The Hall–Kier alpha value is -1.05. The Bertz CT molecular complexity index is 681. The topological polar surface area (TPSA) is 58.6 Å². The van der Waals surface area contributed by atoms with Crippen molar-refractivity contribution in [1.29, 1.82) is 0 Å². The van der Waals surface area contributed by atoms with Crippen LogP contribution < -0.4 is 10.1 Å². The van der Waals surface area contributed by atoms with Crippen LogP contribution in [-0.2, 0) is 0 Å². The standard InChI is InChI=1S/C14H10Br3NO3/c1-21-12-3-2-7(4-9(12)15)14(20)18-8-5-10(16)13(19)11(17)6-8/h2-6,19H,1H3,(H,18,20). The Kier molecular flexibility index (Phi) is 5.29. The van der Waals surface area contributed by atoms with Crippen LogP contribution in [0.15, 0.2) is 43.7 Å². The molecule has 0 saturated heterocycles. The molecule has 0 spiro atoms. The highest BCUT2D eigenvalue weighted by molar-refractivity contribution is 9.11. The lowest BCUT2D eigenvalue weighted by molar-refractivity contribution is 0.102. The summed E-state index contributed by atoms with van der Waals surface area (Å²) in [6.07, 6.45) is 0. The van der Waals surface area contributed by atoms with Crippen molar-refractivity contribution in [3.8, 4) is 11.5 Å². The number of rotatable bonds is 3. The highest BCUT2D eigenvalue weighted by Crippen LogP contribution is 2.35. The smallest absolute Gasteiger partial charge is 0.255 e. The lowest BCUT2D eigenvalue weighted by Crippen LogP contribution is -2.12. The van der Waals surface area contributed by atoms with E-state index in [0.29, 0.717) is 30.4 Å². The molecular formula is C14H10Br3NO3. The van der Waals surface area contributed by atoms with E-state index in [9.17, 15) is 9.90 Å². The van der Waals surface area contributed by atoms with E-state index in [2.05, 4.69) is 53.1 Å². The summed E-state index contributed by atoms with van der Waals surface area (Å²) in [5.41, 5.74) is 1.05. The van der Waals surface area contributed by atoms with Gasteiger partial charge in [0.2, 0.25) is 0 Å². The van der Waals surface area contributed by atoms with Crippen molar-refractivity contribution >= 4 is 59.4 Å². The van der Waals surface area contributed by atoms with Crippen molar-refractivity contribution in [2.45, 2.75) is 0 Å². The van der Waals surface area contributed by atoms with Crippen LogP contribution in [0.5, 0.6) is 11.5 Å². The van der Waals surface area contributed by atoms with Gasteiger partial charge in [0.1, 0.15) is 11.5 Å². The summed E-state index contributed by atoms with van der Waals surface area (Å²) >= 11 is 9.78. The van der Waals surface area contributed by atoms with E-state index in [4.69, 9.17) is 4.74 Å². The van der Waals surface area contributed by atoms with Gasteiger partial charge in [-0.2, -0.15) is 0 Å². The van der Waals surface area contributed by atoms with Crippen LogP contribution in [0.2, 0.25) is 0 Å². The third-order valence-electron chi connectivity index (χ3n) is 2.69. The molecule has 0 aliphatic carbocycles. The molecule has 2 aromatic rings. The van der Waals surface area contributed by atoms with Crippen molar-refractivity contribution in [2.24, 2.45) is 0 Å². The normalized spacial score (nSPS) is 10.3. The van der Waals surface area contributed by atoms with Gasteiger partial charge < -0.3 is 15.2 Å². The fraction of sp³-hybridized carbons (Fsp3) is 0.0714. The first-order valence-corrected chi connectivity index (χ1v) is 8.13. The Labute approximate surface area is 146 Å². The second-order valence-electron chi connectivity index (χ2n) is 4.09. The number of amides is 1. The average Bonchev–Trinajstić information content (AvgIpc) is 2.44. The maximum absolute atomic E-state index is 12.2. The van der Waals surface area contributed by atoms with E-state index in [1.54, 1.807) is 37.4 Å². The Morgan fingerprint density at radius 3 is 2.24 bits per heavy atom. The molecule has 0 bridgehead atoms. The maximum atomic E-state index is 12.2. The molecule has 0 aromatic heterocycles. The minimum atomic E-state index is -0.261. The number of hydrogen-bond donors (Lipinski definition) is 2. The van der Waals surface area contributed by atoms with Gasteiger partial charge in [0.25, 0.3) is 5.91 Å². The van der Waals surface area contributed by atoms with Gasteiger partial charge in [-0.25, -0.2) is 0 Å². The van der Waals surface area contributed by atoms with Crippen molar-refractivity contribution in [3.05, 3.63) is 49.3 Å². The molecule has 4 nitrogen and oxygen atoms in total. The first-order chi connectivity index (χ1) is 9.92. The summed E-state index contributed by atoms with van der Waals surface area (Å²) in [5, 5.41) is 12.4. The number of anilines is 1. The molecule has 7 heteroatoms. The van der Waals surface area contributed by atoms with E-state index in [-0.39, 0.29) is 11.7 Å². The first kappa shape index (κ1) is 16.3. The van der Waals surface area contributed by atoms with E-state index >= 15 is 0 Å². The molecule has 0 aliphatic rings. The number of carbonyl (C=O) groups is 1. The molecule has 0 radical (unpaired) electrons. The molecule has 0 heterocycles. The highest BCUT2D eigenvalue weighted by Gasteiger charge is 2.11. The number of ether oxygens (including phenoxy) is 1. The zero-order chi connectivity index (χ0) is 15.6. The lowest BCUT2D eigenvalue weighted by atomic mass is 10.2. The molecule has 2 aromatic carbocycles. The first-order valence-electron chi connectivity index (χ1n) is 5.75. The number of carbonyl (C=O) groups excluding carboxylic acids is 1. The fourth-order valence-electron chi connectivity index (χ4n) is 1.65. The van der Waals surface area contributed by atoms with Gasteiger partial charge in [-0.05, 0) is 78.1 Å². The van der Waals surface area contributed by atoms with Crippen molar-refractivity contribution in [2.75, 3.05) is 12.4 Å². The largest absolute Gasteiger partial charge is 0.506 e. The molecule has 0 aliphatic heterocycles. The average molecular weight is 480 g/mol. The van der Waals surface area contributed by atoms with Gasteiger partial charge in [-0.3, -0.25) is 4.79 Å². The van der Waals surface area contributed by atoms with E-state index in [0.717, 1.165) is 0 Å². The van der Waals surface area contributed by atoms with E-state index < -0.39 is 0 Å². The van der Waals surface area contributed by atoms with Crippen LogP contribution in [0.25, 0.3) is 0 Å².